The largest absolute Gasteiger partial charge is 0.488 e. The van der Waals surface area contributed by atoms with Crippen LogP contribution in [-0.2, 0) is 41.2 Å². The quantitative estimate of drug-likeness (QED) is 0.135. The van der Waals surface area contributed by atoms with Gasteiger partial charge in [0.2, 0.25) is 11.9 Å². The first kappa shape index (κ1) is 58.8. The van der Waals surface area contributed by atoms with Crippen LogP contribution in [0.15, 0.2) is 65.4 Å². The molecule has 0 saturated carbocycles. The van der Waals surface area contributed by atoms with E-state index in [0.717, 1.165) is 15.6 Å². The highest BCUT2D eigenvalue weighted by molar-refractivity contribution is 9.10. The number of aromatic nitrogens is 4. The molecule has 70 heavy (non-hydrogen) atoms. The molecule has 2 fully saturated rings. The Morgan fingerprint density at radius 2 is 1.06 bits per heavy atom. The fraction of sp³-hybridized carbons (Fsp3) is 0.500. The smallest absolute Gasteiger partial charge is 0.444 e. The Labute approximate surface area is 427 Å². The SMILES string of the molecule is CC1(C)OB(B2OC(C)(C)C(C)(C)O2)OC1(C)C.CN(Cc1cc(-c2ccnc(N)n2)ccc1C#N)C(=O)OC(C)(C)C.CN(Cc1cc(Br)ccc1C#N)C(=O)OC(C)(C)C.Nc1nccc(Cl)n1. The fourth-order valence-electron chi connectivity index (χ4n) is 6.00. The van der Waals surface area contributed by atoms with Gasteiger partial charge in [-0.05, 0) is 151 Å². The molecule has 2 aliphatic heterocycles. The van der Waals surface area contributed by atoms with Crippen molar-refractivity contribution in [2.24, 2.45) is 0 Å². The molecule has 0 aliphatic carbocycles. The van der Waals surface area contributed by atoms with E-state index in [4.69, 9.17) is 56.4 Å². The molecule has 0 radical (unpaired) electrons. The first-order valence-electron chi connectivity index (χ1n) is 22.2. The Kier molecular flexibility index (Phi) is 19.8. The Hall–Kier alpha value is -5.54. The fourth-order valence-corrected chi connectivity index (χ4v) is 6.55. The van der Waals surface area contributed by atoms with E-state index in [0.29, 0.717) is 34.1 Å². The number of hydrogen-bond donors (Lipinski definition) is 2. The molecule has 0 unspecified atom stereocenters. The van der Waals surface area contributed by atoms with Crippen molar-refractivity contribution in [2.75, 3.05) is 25.6 Å². The molecule has 0 spiro atoms. The molecular weight excluding hydrogens is 982 g/mol. The number of nitrogens with two attached hydrogens (primary N) is 2. The number of hydrogen-bond acceptors (Lipinski definition) is 16. The molecule has 4 heterocycles. The van der Waals surface area contributed by atoms with Gasteiger partial charge in [0.15, 0.2) is 0 Å². The molecule has 2 aliphatic rings. The van der Waals surface area contributed by atoms with Crippen molar-refractivity contribution in [3.63, 3.8) is 0 Å². The second-order valence-electron chi connectivity index (χ2n) is 20.4. The number of halogens is 2. The number of ether oxygens (including phenoxy) is 2. The lowest BCUT2D eigenvalue weighted by molar-refractivity contribution is 0.00578. The Balaban J connectivity index is 0.000000260. The lowest BCUT2D eigenvalue weighted by Crippen LogP contribution is -2.41. The average molecular weight is 1050 g/mol. The standard InChI is InChI=1S/C18H21N5O2.C14H17BrN2O2.C12H24B2O4.C4H4ClN3/c1-18(2,3)25-17(24)23(4)11-14-9-12(5-6-13(14)10-19)15-7-8-21-16(20)22-15;1-14(2,3)19-13(18)17(4)9-11-7-12(15)6-5-10(11)8-16;1-9(2)10(3,4)16-13(15-9)14-17-11(5,6)12(7,8)18-14;5-3-1-2-7-4(6)8-3/h5-9H,11H2,1-4H3,(H2,20,21,22);5-7H,9H2,1-4H3;1-8H3;1-2H,(H2,6,7,8). The summed E-state index contributed by atoms with van der Waals surface area (Å²) in [5.41, 5.74) is 12.2. The summed E-state index contributed by atoms with van der Waals surface area (Å²) in [5, 5.41) is 18.8. The normalized spacial score (nSPS) is 16.1. The lowest BCUT2D eigenvalue weighted by atomic mass is 9.49. The minimum absolute atomic E-state index is 0.175. The summed E-state index contributed by atoms with van der Waals surface area (Å²) in [7, 11) is 2.33. The summed E-state index contributed by atoms with van der Waals surface area (Å²) in [6, 6.07) is 18.2. The third-order valence-corrected chi connectivity index (χ3v) is 11.7. The second-order valence-corrected chi connectivity index (χ2v) is 21.7. The number of benzene rings is 2. The zero-order valence-electron chi connectivity index (χ0n) is 43.1. The molecule has 0 atom stereocenters. The van der Waals surface area contributed by atoms with Gasteiger partial charge in [0.25, 0.3) is 0 Å². The van der Waals surface area contributed by atoms with E-state index in [-0.39, 0.29) is 40.8 Å². The van der Waals surface area contributed by atoms with Gasteiger partial charge in [0, 0.05) is 43.1 Å². The van der Waals surface area contributed by atoms with E-state index >= 15 is 0 Å². The number of nitrogens with zero attached hydrogens (tertiary/aromatic N) is 8. The minimum atomic E-state index is -0.580. The van der Waals surface area contributed by atoms with Crippen molar-refractivity contribution in [1.82, 2.24) is 29.7 Å². The van der Waals surface area contributed by atoms with Crippen LogP contribution < -0.4 is 11.5 Å². The van der Waals surface area contributed by atoms with E-state index < -0.39 is 37.4 Å². The zero-order valence-corrected chi connectivity index (χ0v) is 45.4. The number of nitrogen functional groups attached to an aromatic ring is 2. The van der Waals surface area contributed by atoms with Gasteiger partial charge in [-0.3, -0.25) is 0 Å². The molecule has 2 aromatic heterocycles. The summed E-state index contributed by atoms with van der Waals surface area (Å²) in [5.74, 6) is 0.381. The predicted octanol–water partition coefficient (Wildman–Crippen LogP) is 9.61. The molecule has 2 aromatic carbocycles. The molecule has 22 heteroatoms. The van der Waals surface area contributed by atoms with Crippen LogP contribution in [0.5, 0.6) is 0 Å². The monoisotopic (exact) mass is 1050 g/mol. The summed E-state index contributed by atoms with van der Waals surface area (Å²) in [6.45, 7) is 27.7. The van der Waals surface area contributed by atoms with Crippen molar-refractivity contribution in [3.05, 3.63) is 92.8 Å². The molecule has 4 aromatic rings. The second kappa shape index (κ2) is 23.6. The first-order valence-corrected chi connectivity index (χ1v) is 23.4. The molecular formula is C48H66B2BrClN10O8. The first-order chi connectivity index (χ1) is 32.1. The van der Waals surface area contributed by atoms with Gasteiger partial charge >= 0.3 is 26.2 Å². The molecule has 2 saturated heterocycles. The Bertz CT molecular complexity index is 2460. The van der Waals surface area contributed by atoms with Crippen LogP contribution >= 0.6 is 27.5 Å². The van der Waals surface area contributed by atoms with Gasteiger partial charge < -0.3 is 49.4 Å². The van der Waals surface area contributed by atoms with Crippen molar-refractivity contribution < 1.29 is 37.7 Å². The van der Waals surface area contributed by atoms with Crippen LogP contribution in [0.2, 0.25) is 5.15 Å². The maximum absolute atomic E-state index is 12.1. The van der Waals surface area contributed by atoms with Crippen molar-refractivity contribution in [2.45, 2.75) is 144 Å². The highest BCUT2D eigenvalue weighted by atomic mass is 79.9. The van der Waals surface area contributed by atoms with Crippen molar-refractivity contribution in [3.8, 4) is 23.4 Å². The third-order valence-electron chi connectivity index (χ3n) is 11.0. The van der Waals surface area contributed by atoms with E-state index in [1.54, 1.807) is 77.5 Å². The highest BCUT2D eigenvalue weighted by Gasteiger charge is 2.63. The van der Waals surface area contributed by atoms with Crippen molar-refractivity contribution in [1.29, 1.82) is 10.5 Å². The number of rotatable bonds is 6. The Morgan fingerprint density at radius 3 is 1.41 bits per heavy atom. The molecule has 2 amide bonds. The Morgan fingerprint density at radius 1 is 0.671 bits per heavy atom. The van der Waals surface area contributed by atoms with E-state index in [2.05, 4.69) is 48.0 Å². The van der Waals surface area contributed by atoms with Gasteiger partial charge in [-0.2, -0.15) is 10.5 Å². The van der Waals surface area contributed by atoms with Crippen LogP contribution in [-0.4, -0.2) is 104 Å². The summed E-state index contributed by atoms with van der Waals surface area (Å²) >= 11 is 8.77. The van der Waals surface area contributed by atoms with Crippen LogP contribution in [0, 0.1) is 22.7 Å². The zero-order chi connectivity index (χ0) is 53.2. The summed E-state index contributed by atoms with van der Waals surface area (Å²) < 4.78 is 35.3. The number of carbonyl (C=O) groups is 2. The molecule has 0 bridgehead atoms. The van der Waals surface area contributed by atoms with Gasteiger partial charge in [-0.25, -0.2) is 29.5 Å². The number of nitriles is 2. The minimum Gasteiger partial charge on any atom is -0.444 e. The molecule has 376 valence electrons. The van der Waals surface area contributed by atoms with E-state index in [9.17, 15) is 14.9 Å². The van der Waals surface area contributed by atoms with Gasteiger partial charge in [0.1, 0.15) is 16.4 Å². The maximum Gasteiger partial charge on any atom is 0.488 e. The van der Waals surface area contributed by atoms with Gasteiger partial charge in [-0.1, -0.05) is 33.6 Å². The van der Waals surface area contributed by atoms with Crippen molar-refractivity contribution >= 4 is 65.6 Å². The predicted molar refractivity (Wildman–Crippen MR) is 274 cm³/mol. The van der Waals surface area contributed by atoms with Crippen LogP contribution in [0.4, 0.5) is 21.5 Å². The summed E-state index contributed by atoms with van der Waals surface area (Å²) in [6.07, 6.45) is 2.22. The number of amides is 2. The average Bonchev–Trinajstić information content (AvgIpc) is 3.59. The molecule has 4 N–H and O–H groups in total. The highest BCUT2D eigenvalue weighted by Crippen LogP contribution is 2.43. The molecule has 6 rings (SSSR count). The van der Waals surface area contributed by atoms with Gasteiger partial charge in [0.05, 0.1) is 57.9 Å². The van der Waals surface area contributed by atoms with Crippen LogP contribution in [0.3, 0.4) is 0 Å². The number of carbonyl (C=O) groups excluding carboxylic acids is 2. The third kappa shape index (κ3) is 17.4. The summed E-state index contributed by atoms with van der Waals surface area (Å²) in [4.78, 5) is 42.2. The maximum atomic E-state index is 12.1. The van der Waals surface area contributed by atoms with Crippen LogP contribution in [0.1, 0.15) is 119 Å². The lowest BCUT2D eigenvalue weighted by Gasteiger charge is -2.32. The van der Waals surface area contributed by atoms with Crippen LogP contribution in [0.25, 0.3) is 11.3 Å². The van der Waals surface area contributed by atoms with E-state index in [1.165, 1.54) is 16.0 Å². The number of anilines is 2. The van der Waals surface area contributed by atoms with E-state index in [1.807, 2.05) is 88.3 Å². The molecule has 18 nitrogen and oxygen atoms in total. The topological polar surface area (TPSA) is 247 Å². The van der Waals surface area contributed by atoms with Gasteiger partial charge in [-0.15, -0.1) is 0 Å².